The lowest BCUT2D eigenvalue weighted by atomic mass is 10.1. The molecule has 2 amide bonds. The van der Waals surface area contributed by atoms with Crippen LogP contribution in [0.15, 0.2) is 12.3 Å². The second-order valence-corrected chi connectivity index (χ2v) is 6.99. The van der Waals surface area contributed by atoms with Crippen LogP contribution in [0.1, 0.15) is 43.1 Å². The standard InChI is InChI=1S/C18H29N5O2/c1-2-23-12-7-16(20-23)18(25)22-11-6-15(14-22)17(24)19-8-13-21-9-4-3-5-10-21/h7,12,15H,2-6,8-11,13-14H2,1H3,(H,19,24)/t15-/m0/s1. The number of hydrogen-bond acceptors (Lipinski definition) is 4. The first-order valence-corrected chi connectivity index (χ1v) is 9.50. The minimum absolute atomic E-state index is 0.0733. The van der Waals surface area contributed by atoms with Gasteiger partial charge in [0.1, 0.15) is 5.69 Å². The Hall–Kier alpha value is -1.89. The van der Waals surface area contributed by atoms with Gasteiger partial charge in [-0.05, 0) is 45.3 Å². The van der Waals surface area contributed by atoms with Crippen molar-refractivity contribution in [3.05, 3.63) is 18.0 Å². The number of nitrogens with zero attached hydrogens (tertiary/aromatic N) is 4. The van der Waals surface area contributed by atoms with Gasteiger partial charge in [-0.15, -0.1) is 0 Å². The zero-order valence-electron chi connectivity index (χ0n) is 15.1. The lowest BCUT2D eigenvalue weighted by Gasteiger charge is -2.26. The normalized spacial score (nSPS) is 21.5. The van der Waals surface area contributed by atoms with Crippen LogP contribution in [0, 0.1) is 5.92 Å². The Morgan fingerprint density at radius 3 is 2.76 bits per heavy atom. The summed E-state index contributed by atoms with van der Waals surface area (Å²) in [6, 6.07) is 1.75. The molecule has 25 heavy (non-hydrogen) atoms. The summed E-state index contributed by atoms with van der Waals surface area (Å²) in [5, 5.41) is 7.31. The maximum Gasteiger partial charge on any atom is 0.274 e. The number of hydrogen-bond donors (Lipinski definition) is 1. The van der Waals surface area contributed by atoms with E-state index in [1.807, 2.05) is 13.1 Å². The predicted octanol–water partition coefficient (Wildman–Crippen LogP) is 0.967. The summed E-state index contributed by atoms with van der Waals surface area (Å²) in [6.45, 7) is 7.77. The number of likely N-dealkylation sites (tertiary alicyclic amines) is 2. The number of aryl methyl sites for hydroxylation is 1. The first-order chi connectivity index (χ1) is 12.2. The van der Waals surface area contributed by atoms with E-state index in [4.69, 9.17) is 0 Å². The van der Waals surface area contributed by atoms with Gasteiger partial charge in [0.2, 0.25) is 5.91 Å². The molecule has 2 fully saturated rings. The van der Waals surface area contributed by atoms with E-state index in [0.717, 1.165) is 32.6 Å². The van der Waals surface area contributed by atoms with Crippen molar-refractivity contribution in [2.24, 2.45) is 5.92 Å². The highest BCUT2D eigenvalue weighted by atomic mass is 16.2. The van der Waals surface area contributed by atoms with Crippen molar-refractivity contribution >= 4 is 11.8 Å². The first kappa shape index (κ1) is 17.9. The molecule has 0 radical (unpaired) electrons. The summed E-state index contributed by atoms with van der Waals surface area (Å²) in [7, 11) is 0. The van der Waals surface area contributed by atoms with Gasteiger partial charge in [0.15, 0.2) is 0 Å². The largest absolute Gasteiger partial charge is 0.355 e. The number of carbonyl (C=O) groups excluding carboxylic acids is 2. The zero-order valence-corrected chi connectivity index (χ0v) is 15.1. The molecule has 3 rings (SSSR count). The minimum Gasteiger partial charge on any atom is -0.355 e. The lowest BCUT2D eigenvalue weighted by Crippen LogP contribution is -2.40. The highest BCUT2D eigenvalue weighted by Crippen LogP contribution is 2.18. The summed E-state index contributed by atoms with van der Waals surface area (Å²) < 4.78 is 1.74. The van der Waals surface area contributed by atoms with Crippen LogP contribution in [0.25, 0.3) is 0 Å². The second-order valence-electron chi connectivity index (χ2n) is 6.99. The summed E-state index contributed by atoms with van der Waals surface area (Å²) in [5.41, 5.74) is 0.466. The highest BCUT2D eigenvalue weighted by molar-refractivity contribution is 5.93. The Morgan fingerprint density at radius 1 is 1.24 bits per heavy atom. The maximum atomic E-state index is 12.5. The third-order valence-electron chi connectivity index (χ3n) is 5.21. The van der Waals surface area contributed by atoms with Crippen LogP contribution in [0.3, 0.4) is 0 Å². The Labute approximate surface area is 149 Å². The zero-order chi connectivity index (χ0) is 17.6. The Morgan fingerprint density at radius 2 is 2.04 bits per heavy atom. The van der Waals surface area contributed by atoms with Crippen LogP contribution >= 0.6 is 0 Å². The SMILES string of the molecule is CCn1ccc(C(=O)N2CC[C@H](C(=O)NCCN3CCCCC3)C2)n1. The van der Waals surface area contributed by atoms with Crippen molar-refractivity contribution in [2.45, 2.75) is 39.2 Å². The molecule has 0 aromatic carbocycles. The van der Waals surface area contributed by atoms with Gasteiger partial charge in [0, 0.05) is 38.9 Å². The molecule has 0 aliphatic carbocycles. The van der Waals surface area contributed by atoms with Crippen LogP contribution in [0.4, 0.5) is 0 Å². The predicted molar refractivity (Wildman–Crippen MR) is 95.2 cm³/mol. The molecular weight excluding hydrogens is 318 g/mol. The van der Waals surface area contributed by atoms with Crippen LogP contribution < -0.4 is 5.32 Å². The van der Waals surface area contributed by atoms with Gasteiger partial charge in [-0.1, -0.05) is 6.42 Å². The van der Waals surface area contributed by atoms with Crippen molar-refractivity contribution < 1.29 is 9.59 Å². The van der Waals surface area contributed by atoms with Gasteiger partial charge in [-0.3, -0.25) is 14.3 Å². The molecule has 1 aromatic heterocycles. The smallest absolute Gasteiger partial charge is 0.274 e. The van der Waals surface area contributed by atoms with E-state index in [1.54, 1.807) is 15.6 Å². The molecule has 0 saturated carbocycles. The van der Waals surface area contributed by atoms with Gasteiger partial charge in [0.05, 0.1) is 5.92 Å². The fraction of sp³-hybridized carbons (Fsp3) is 0.722. The van der Waals surface area contributed by atoms with Crippen molar-refractivity contribution in [3.8, 4) is 0 Å². The van der Waals surface area contributed by atoms with Gasteiger partial charge in [-0.2, -0.15) is 5.10 Å². The van der Waals surface area contributed by atoms with Crippen LogP contribution in [0.2, 0.25) is 0 Å². The fourth-order valence-electron chi connectivity index (χ4n) is 3.64. The molecule has 3 heterocycles. The number of aromatic nitrogens is 2. The summed E-state index contributed by atoms with van der Waals surface area (Å²) in [4.78, 5) is 29.0. The molecule has 1 N–H and O–H groups in total. The molecule has 1 atom stereocenters. The van der Waals surface area contributed by atoms with E-state index in [9.17, 15) is 9.59 Å². The molecule has 1 aromatic rings. The van der Waals surface area contributed by atoms with E-state index in [0.29, 0.717) is 25.3 Å². The van der Waals surface area contributed by atoms with E-state index in [1.165, 1.54) is 19.3 Å². The summed E-state index contributed by atoms with van der Waals surface area (Å²) in [5.74, 6) is -0.0965. The van der Waals surface area contributed by atoms with Crippen molar-refractivity contribution in [3.63, 3.8) is 0 Å². The van der Waals surface area contributed by atoms with Gasteiger partial charge < -0.3 is 15.1 Å². The lowest BCUT2D eigenvalue weighted by molar-refractivity contribution is -0.124. The maximum absolute atomic E-state index is 12.5. The average molecular weight is 347 g/mol. The number of rotatable bonds is 6. The van der Waals surface area contributed by atoms with Crippen molar-refractivity contribution in [1.29, 1.82) is 0 Å². The number of carbonyl (C=O) groups is 2. The molecule has 0 spiro atoms. The van der Waals surface area contributed by atoms with Crippen LogP contribution in [-0.4, -0.2) is 70.7 Å². The minimum atomic E-state index is -0.0985. The van der Waals surface area contributed by atoms with E-state index >= 15 is 0 Å². The number of piperidine rings is 1. The molecule has 2 aliphatic heterocycles. The molecule has 0 unspecified atom stereocenters. The Bertz CT molecular complexity index is 594. The molecular formula is C18H29N5O2. The van der Waals surface area contributed by atoms with E-state index in [2.05, 4.69) is 15.3 Å². The number of nitrogens with one attached hydrogen (secondary N) is 1. The number of amides is 2. The monoisotopic (exact) mass is 347 g/mol. The summed E-state index contributed by atoms with van der Waals surface area (Å²) >= 11 is 0. The van der Waals surface area contributed by atoms with Crippen molar-refractivity contribution in [2.75, 3.05) is 39.3 Å². The Balaban J connectivity index is 1.42. The average Bonchev–Trinajstić information content (AvgIpc) is 3.31. The van der Waals surface area contributed by atoms with Gasteiger partial charge in [-0.25, -0.2) is 0 Å². The quantitative estimate of drug-likeness (QED) is 0.832. The van der Waals surface area contributed by atoms with E-state index < -0.39 is 0 Å². The van der Waals surface area contributed by atoms with Gasteiger partial charge in [0.25, 0.3) is 5.91 Å². The third-order valence-corrected chi connectivity index (χ3v) is 5.21. The topological polar surface area (TPSA) is 70.5 Å². The van der Waals surface area contributed by atoms with Crippen LogP contribution in [-0.2, 0) is 11.3 Å². The Kier molecular flexibility index (Phi) is 6.07. The molecule has 2 saturated heterocycles. The van der Waals surface area contributed by atoms with E-state index in [-0.39, 0.29) is 17.7 Å². The molecule has 0 bridgehead atoms. The molecule has 2 aliphatic rings. The second kappa shape index (κ2) is 8.47. The molecule has 138 valence electrons. The first-order valence-electron chi connectivity index (χ1n) is 9.50. The summed E-state index contributed by atoms with van der Waals surface area (Å²) in [6.07, 6.45) is 6.40. The molecule has 7 heteroatoms. The van der Waals surface area contributed by atoms with Crippen molar-refractivity contribution in [1.82, 2.24) is 24.9 Å². The third kappa shape index (κ3) is 4.60. The van der Waals surface area contributed by atoms with Gasteiger partial charge >= 0.3 is 0 Å². The van der Waals surface area contributed by atoms with Crippen LogP contribution in [0.5, 0.6) is 0 Å². The fourth-order valence-corrected chi connectivity index (χ4v) is 3.64. The molecule has 7 nitrogen and oxygen atoms in total. The highest BCUT2D eigenvalue weighted by Gasteiger charge is 2.32.